The predicted molar refractivity (Wildman–Crippen MR) is 72.3 cm³/mol. The number of nitrogens with two attached hydrogens (primary N) is 1. The second-order valence-corrected chi connectivity index (χ2v) is 8.47. The molecule has 0 aliphatic heterocycles. The summed E-state index contributed by atoms with van der Waals surface area (Å²) in [6, 6.07) is 2.31. The Morgan fingerprint density at radius 1 is 0.615 bits per heavy atom. The topological polar surface area (TPSA) is 198 Å². The molecule has 0 aromatic heterocycles. The molecular formula is C10H6NNa3O9S3. The molecule has 0 radical (unpaired) electrons. The molecule has 2 N–H and O–H groups in total. The minimum Gasteiger partial charge on any atom is -0.744 e. The second kappa shape index (κ2) is 9.82. The maximum absolute atomic E-state index is 11.3. The van der Waals surface area contributed by atoms with E-state index in [0.717, 1.165) is 6.07 Å². The van der Waals surface area contributed by atoms with Crippen LogP contribution in [-0.4, -0.2) is 38.9 Å². The van der Waals surface area contributed by atoms with Gasteiger partial charge in [0.15, 0.2) is 0 Å². The van der Waals surface area contributed by atoms with Crippen molar-refractivity contribution in [3.63, 3.8) is 0 Å². The molecule has 0 fully saturated rings. The third-order valence-corrected chi connectivity index (χ3v) is 5.38. The Kier molecular flexibility index (Phi) is 11.1. The van der Waals surface area contributed by atoms with Crippen molar-refractivity contribution in [3.8, 4) is 0 Å². The van der Waals surface area contributed by atoms with Crippen molar-refractivity contribution in [2.24, 2.45) is 0 Å². The Morgan fingerprint density at radius 2 is 1.00 bits per heavy atom. The van der Waals surface area contributed by atoms with Crippen LogP contribution in [0.4, 0.5) is 5.69 Å². The molecule has 2 aromatic carbocycles. The molecule has 0 aliphatic rings. The van der Waals surface area contributed by atoms with Gasteiger partial charge in [-0.2, -0.15) is 0 Å². The summed E-state index contributed by atoms with van der Waals surface area (Å²) < 4.78 is 101. The molecule has 0 bridgehead atoms. The van der Waals surface area contributed by atoms with Crippen LogP contribution in [0, 0.1) is 0 Å². The summed E-state index contributed by atoms with van der Waals surface area (Å²) in [7, 11) is -15.7. The number of hydrogen-bond donors (Lipinski definition) is 1. The zero-order valence-electron chi connectivity index (χ0n) is 13.8. The van der Waals surface area contributed by atoms with Crippen LogP contribution in [0.3, 0.4) is 0 Å². The maximum atomic E-state index is 11.3. The monoisotopic (exact) mass is 449 g/mol. The summed E-state index contributed by atoms with van der Waals surface area (Å²) in [5.74, 6) is 0. The van der Waals surface area contributed by atoms with Crippen LogP contribution >= 0.6 is 0 Å². The van der Waals surface area contributed by atoms with E-state index >= 15 is 0 Å². The van der Waals surface area contributed by atoms with Gasteiger partial charge in [-0.1, -0.05) is 0 Å². The summed E-state index contributed by atoms with van der Waals surface area (Å²) in [5, 5.41) is -1.29. The Morgan fingerprint density at radius 3 is 1.38 bits per heavy atom. The smallest absolute Gasteiger partial charge is 0.744 e. The van der Waals surface area contributed by atoms with Crippen molar-refractivity contribution in [3.05, 3.63) is 24.3 Å². The average Bonchev–Trinajstić information content (AvgIpc) is 2.32. The van der Waals surface area contributed by atoms with Crippen molar-refractivity contribution in [2.45, 2.75) is 14.7 Å². The molecule has 0 aliphatic carbocycles. The van der Waals surface area contributed by atoms with E-state index in [-0.39, 0.29) is 100 Å². The van der Waals surface area contributed by atoms with E-state index in [1.54, 1.807) is 0 Å². The normalized spacial score (nSPS) is 11.8. The van der Waals surface area contributed by atoms with E-state index in [1.165, 1.54) is 0 Å². The van der Waals surface area contributed by atoms with Crippen molar-refractivity contribution in [1.29, 1.82) is 0 Å². The molecule has 10 nitrogen and oxygen atoms in total. The summed E-state index contributed by atoms with van der Waals surface area (Å²) in [4.78, 5) is -3.40. The minimum absolute atomic E-state index is 0. The third-order valence-electron chi connectivity index (χ3n) is 2.82. The van der Waals surface area contributed by atoms with Gasteiger partial charge in [-0.15, -0.1) is 0 Å². The predicted octanol–water partition coefficient (Wildman–Crippen LogP) is -9.85. The fourth-order valence-electron chi connectivity index (χ4n) is 1.95. The van der Waals surface area contributed by atoms with E-state index in [0.29, 0.717) is 12.1 Å². The van der Waals surface area contributed by atoms with E-state index < -0.39 is 55.8 Å². The Balaban J connectivity index is 0. The van der Waals surface area contributed by atoms with Crippen LogP contribution in [0.2, 0.25) is 0 Å². The van der Waals surface area contributed by atoms with Crippen LogP contribution in [-0.2, 0) is 30.4 Å². The van der Waals surface area contributed by atoms with E-state index in [9.17, 15) is 38.9 Å². The Bertz CT molecular complexity index is 1150. The van der Waals surface area contributed by atoms with E-state index in [4.69, 9.17) is 5.73 Å². The standard InChI is InChI=1S/C10H9NO9S3.3Na/c11-5-1-7-8(9(2-5)22(15,16)17)3-6(21(12,13)14)4-10(7)23(18,19)20;;;/h1-4H,11H2,(H,12,13,14)(H,15,16,17)(H,18,19,20);;;/q;3*+1/p-3. The second-order valence-electron chi connectivity index (χ2n) is 4.40. The number of fused-ring (bicyclic) bond motifs is 1. The number of rotatable bonds is 3. The van der Waals surface area contributed by atoms with Crippen molar-refractivity contribution >= 4 is 46.8 Å². The molecule has 16 heteroatoms. The molecular weight excluding hydrogens is 443 g/mol. The third kappa shape index (κ3) is 6.64. The number of anilines is 1. The fourth-order valence-corrected chi connectivity index (χ4v) is 3.98. The van der Waals surface area contributed by atoms with Gasteiger partial charge in [0.05, 0.1) is 14.7 Å². The molecule has 2 aromatic rings. The van der Waals surface area contributed by atoms with Gasteiger partial charge in [-0.05, 0) is 24.3 Å². The molecule has 0 spiro atoms. The zero-order chi connectivity index (χ0) is 17.8. The van der Waals surface area contributed by atoms with Gasteiger partial charge >= 0.3 is 88.7 Å². The van der Waals surface area contributed by atoms with Gasteiger partial charge in [0.25, 0.3) is 0 Å². The molecule has 126 valence electrons. The van der Waals surface area contributed by atoms with Gasteiger partial charge in [-0.25, -0.2) is 25.3 Å². The number of benzene rings is 2. The van der Waals surface area contributed by atoms with E-state index in [1.807, 2.05) is 0 Å². The van der Waals surface area contributed by atoms with Crippen LogP contribution in [0.5, 0.6) is 0 Å². The molecule has 2 rings (SSSR count). The molecule has 26 heavy (non-hydrogen) atoms. The summed E-state index contributed by atoms with van der Waals surface area (Å²) in [6.07, 6.45) is 0. The van der Waals surface area contributed by atoms with Crippen LogP contribution < -0.4 is 94.4 Å². The number of hydrogen-bond acceptors (Lipinski definition) is 10. The average molecular weight is 449 g/mol. The van der Waals surface area contributed by atoms with Gasteiger partial charge in [0, 0.05) is 16.5 Å². The van der Waals surface area contributed by atoms with Crippen LogP contribution in [0.1, 0.15) is 0 Å². The Labute approximate surface area is 216 Å². The van der Waals surface area contributed by atoms with Gasteiger partial charge < -0.3 is 19.4 Å². The molecule has 0 saturated carbocycles. The quantitative estimate of drug-likeness (QED) is 0.267. The summed E-state index contributed by atoms with van der Waals surface area (Å²) in [6.45, 7) is 0. The first-order valence-electron chi connectivity index (χ1n) is 5.46. The van der Waals surface area contributed by atoms with Crippen molar-refractivity contribution < 1.29 is 128 Å². The number of nitrogen functional groups attached to an aromatic ring is 1. The minimum atomic E-state index is -5.30. The zero-order valence-corrected chi connectivity index (χ0v) is 22.2. The molecule has 0 saturated heterocycles. The first-order chi connectivity index (χ1) is 10.2. The molecule has 0 atom stereocenters. The van der Waals surface area contributed by atoms with Crippen molar-refractivity contribution in [1.82, 2.24) is 0 Å². The van der Waals surface area contributed by atoms with Crippen molar-refractivity contribution in [2.75, 3.05) is 5.73 Å². The first kappa shape index (κ1) is 29.4. The van der Waals surface area contributed by atoms with Gasteiger partial charge in [0.1, 0.15) is 30.4 Å². The van der Waals surface area contributed by atoms with Crippen LogP contribution in [0.15, 0.2) is 39.0 Å². The molecule has 0 amide bonds. The van der Waals surface area contributed by atoms with E-state index in [2.05, 4.69) is 0 Å². The van der Waals surface area contributed by atoms with Crippen LogP contribution in [0.25, 0.3) is 10.8 Å². The Hall–Kier alpha value is 1.23. The molecule has 0 unspecified atom stereocenters. The SMILES string of the molecule is Nc1cc(S(=O)(=O)[O-])c2cc(S(=O)(=O)[O-])cc(S(=O)(=O)[O-])c2c1.[Na+].[Na+].[Na+]. The fraction of sp³-hybridized carbons (Fsp3) is 0. The summed E-state index contributed by atoms with van der Waals surface area (Å²) in [5.41, 5.74) is 5.02. The maximum Gasteiger partial charge on any atom is 1.00 e. The first-order valence-corrected chi connectivity index (χ1v) is 9.69. The van der Waals surface area contributed by atoms with Gasteiger partial charge in [-0.3, -0.25) is 0 Å². The summed E-state index contributed by atoms with van der Waals surface area (Å²) >= 11 is 0. The largest absolute Gasteiger partial charge is 1.00 e. The molecule has 0 heterocycles. The van der Waals surface area contributed by atoms with Gasteiger partial charge in [0.2, 0.25) is 0 Å².